The zero-order valence-corrected chi connectivity index (χ0v) is 26.4. The minimum atomic E-state index is -0.943. The number of benzene rings is 1. The number of allylic oxidation sites excluding steroid dienone is 1. The Labute approximate surface area is 257 Å². The van der Waals surface area contributed by atoms with Crippen LogP contribution in [0.3, 0.4) is 0 Å². The molecule has 3 aromatic rings. The van der Waals surface area contributed by atoms with Crippen molar-refractivity contribution in [2.45, 2.75) is 59.0 Å². The molecule has 0 spiro atoms. The number of carbonyl (C=O) groups is 3. The standard InChI is InChI=1S/C33H43FN4O6/c1-33(2,3)20-24-17-25(34)16-23-18-26(35-30(23)24)21-38-13-9-10-22(31(38)41)19-28(39)27(36-32(42)44-15-14-43-6)11-7-8-12-29(40)37(4)5/h8-10,12-13,16-18,27,35H,7,11,14-15,19-21H2,1-6H3,(H,36,42)/b12-8+/t27-/m0/s1. The van der Waals surface area contributed by atoms with Crippen molar-refractivity contribution in [2.75, 3.05) is 34.4 Å². The summed E-state index contributed by atoms with van der Waals surface area (Å²) in [6.07, 6.45) is 4.90. The van der Waals surface area contributed by atoms with E-state index in [1.54, 1.807) is 44.6 Å². The number of nitrogens with zero attached hydrogens (tertiary/aromatic N) is 2. The van der Waals surface area contributed by atoms with Crippen LogP contribution in [-0.2, 0) is 38.4 Å². The van der Waals surface area contributed by atoms with Gasteiger partial charge in [0.1, 0.15) is 12.4 Å². The molecule has 238 valence electrons. The number of carbonyl (C=O) groups excluding carboxylic acids is 3. The van der Waals surface area contributed by atoms with Gasteiger partial charge >= 0.3 is 6.09 Å². The number of Topliss-reactive ketones (excluding diaryl/α,β-unsaturated/α-hetero) is 1. The van der Waals surface area contributed by atoms with Crippen molar-refractivity contribution in [1.82, 2.24) is 19.8 Å². The number of methoxy groups -OCH3 is 1. The molecule has 0 saturated carbocycles. The van der Waals surface area contributed by atoms with Crippen molar-refractivity contribution in [3.05, 3.63) is 81.7 Å². The van der Waals surface area contributed by atoms with Crippen LogP contribution in [0.4, 0.5) is 9.18 Å². The summed E-state index contributed by atoms with van der Waals surface area (Å²) in [6, 6.07) is 7.18. The van der Waals surface area contributed by atoms with Crippen molar-refractivity contribution in [3.8, 4) is 0 Å². The fourth-order valence-electron chi connectivity index (χ4n) is 4.78. The summed E-state index contributed by atoms with van der Waals surface area (Å²) < 4.78 is 25.8. The summed E-state index contributed by atoms with van der Waals surface area (Å²) >= 11 is 0. The lowest BCUT2D eigenvalue weighted by Crippen LogP contribution is -2.42. The van der Waals surface area contributed by atoms with Crippen LogP contribution in [0.5, 0.6) is 0 Å². The molecule has 0 unspecified atom stereocenters. The number of fused-ring (bicyclic) bond motifs is 1. The van der Waals surface area contributed by atoms with E-state index >= 15 is 0 Å². The SMILES string of the molecule is COCCOC(=O)N[C@@H](CC/C=C/C(=O)N(C)C)C(=O)Cc1cccn(Cc2cc3cc(F)cc(CC(C)(C)C)c3[nH]2)c1=O. The van der Waals surface area contributed by atoms with Gasteiger partial charge in [-0.15, -0.1) is 0 Å². The molecule has 44 heavy (non-hydrogen) atoms. The molecule has 2 amide bonds. The number of alkyl carbamates (subject to hydrolysis) is 1. The quantitative estimate of drug-likeness (QED) is 0.206. The number of ketones is 1. The maximum atomic E-state index is 14.4. The molecular formula is C33H43FN4O6. The molecule has 0 saturated heterocycles. The van der Waals surface area contributed by atoms with Crippen LogP contribution < -0.4 is 10.9 Å². The lowest BCUT2D eigenvalue weighted by atomic mass is 9.87. The number of hydrogen-bond donors (Lipinski definition) is 2. The maximum absolute atomic E-state index is 14.4. The lowest BCUT2D eigenvalue weighted by molar-refractivity contribution is -0.123. The fourth-order valence-corrected chi connectivity index (χ4v) is 4.78. The monoisotopic (exact) mass is 610 g/mol. The Morgan fingerprint density at radius 1 is 1.14 bits per heavy atom. The van der Waals surface area contributed by atoms with Gasteiger partial charge in [-0.3, -0.25) is 14.4 Å². The average molecular weight is 611 g/mol. The zero-order chi connectivity index (χ0) is 32.4. The Hall–Kier alpha value is -4.25. The summed E-state index contributed by atoms with van der Waals surface area (Å²) in [4.78, 5) is 55.7. The topological polar surface area (TPSA) is 123 Å². The molecule has 1 atom stereocenters. The second kappa shape index (κ2) is 15.5. The molecule has 0 aliphatic carbocycles. The number of nitrogens with one attached hydrogen (secondary N) is 2. The zero-order valence-electron chi connectivity index (χ0n) is 26.4. The number of pyridine rings is 1. The molecule has 0 bridgehead atoms. The first kappa shape index (κ1) is 34.2. The van der Waals surface area contributed by atoms with E-state index in [2.05, 4.69) is 31.1 Å². The smallest absolute Gasteiger partial charge is 0.407 e. The van der Waals surface area contributed by atoms with Gasteiger partial charge in [-0.05, 0) is 60.6 Å². The predicted octanol–water partition coefficient (Wildman–Crippen LogP) is 4.38. The largest absolute Gasteiger partial charge is 0.447 e. The molecule has 1 aromatic carbocycles. The second-order valence-corrected chi connectivity index (χ2v) is 12.2. The third-order valence-corrected chi connectivity index (χ3v) is 6.88. The van der Waals surface area contributed by atoms with Crippen molar-refractivity contribution in [2.24, 2.45) is 5.41 Å². The number of halogens is 1. The molecule has 2 N–H and O–H groups in total. The van der Waals surface area contributed by atoms with Crippen molar-refractivity contribution in [1.29, 1.82) is 0 Å². The van der Waals surface area contributed by atoms with Crippen molar-refractivity contribution in [3.63, 3.8) is 0 Å². The first-order valence-corrected chi connectivity index (χ1v) is 14.6. The Morgan fingerprint density at radius 3 is 2.57 bits per heavy atom. The highest BCUT2D eigenvalue weighted by Crippen LogP contribution is 2.28. The highest BCUT2D eigenvalue weighted by atomic mass is 19.1. The average Bonchev–Trinajstić information content (AvgIpc) is 3.34. The van der Waals surface area contributed by atoms with E-state index in [-0.39, 0.29) is 66.6 Å². The third kappa shape index (κ3) is 10.2. The van der Waals surface area contributed by atoms with E-state index < -0.39 is 12.1 Å². The number of H-pyrrole nitrogens is 1. The van der Waals surface area contributed by atoms with Gasteiger partial charge in [-0.25, -0.2) is 9.18 Å². The number of amides is 2. The van der Waals surface area contributed by atoms with Crippen LogP contribution in [0.2, 0.25) is 0 Å². The Kier molecular flexibility index (Phi) is 12.0. The molecule has 10 nitrogen and oxygen atoms in total. The van der Waals surface area contributed by atoms with Gasteiger partial charge in [0.25, 0.3) is 5.56 Å². The summed E-state index contributed by atoms with van der Waals surface area (Å²) in [7, 11) is 4.74. The lowest BCUT2D eigenvalue weighted by Gasteiger charge is -2.18. The number of aromatic nitrogens is 2. The minimum Gasteiger partial charge on any atom is -0.447 e. The van der Waals surface area contributed by atoms with Crippen molar-refractivity contribution < 1.29 is 28.2 Å². The predicted molar refractivity (Wildman–Crippen MR) is 167 cm³/mol. The number of ether oxygens (including phenoxy) is 2. The summed E-state index contributed by atoms with van der Waals surface area (Å²) in [5, 5.41) is 3.31. The van der Waals surface area contributed by atoms with E-state index in [1.165, 1.54) is 28.7 Å². The molecule has 2 aromatic heterocycles. The van der Waals surface area contributed by atoms with Gasteiger partial charge in [0.05, 0.1) is 19.2 Å². The van der Waals surface area contributed by atoms with Gasteiger partial charge < -0.3 is 29.2 Å². The normalized spacial score (nSPS) is 12.4. The van der Waals surface area contributed by atoms with Gasteiger partial charge in [-0.2, -0.15) is 0 Å². The van der Waals surface area contributed by atoms with Gasteiger partial charge in [0.15, 0.2) is 5.78 Å². The molecule has 11 heteroatoms. The molecule has 0 aliphatic heterocycles. The van der Waals surface area contributed by atoms with Crippen LogP contribution in [0.1, 0.15) is 50.4 Å². The van der Waals surface area contributed by atoms with Gasteiger partial charge in [0, 0.05) is 56.0 Å². The van der Waals surface area contributed by atoms with E-state index in [9.17, 15) is 23.6 Å². The number of hydrogen-bond acceptors (Lipinski definition) is 6. The van der Waals surface area contributed by atoms with E-state index in [0.717, 1.165) is 22.2 Å². The molecular weight excluding hydrogens is 567 g/mol. The first-order valence-electron chi connectivity index (χ1n) is 14.6. The Balaban J connectivity index is 1.78. The highest BCUT2D eigenvalue weighted by molar-refractivity contribution is 5.89. The van der Waals surface area contributed by atoms with Crippen LogP contribution in [-0.4, -0.2) is 72.7 Å². The molecule has 2 heterocycles. The van der Waals surface area contributed by atoms with Gasteiger partial charge in [-0.1, -0.05) is 32.9 Å². The van der Waals surface area contributed by atoms with E-state index in [1.807, 2.05) is 6.07 Å². The summed E-state index contributed by atoms with van der Waals surface area (Å²) in [5.74, 6) is -0.885. The van der Waals surface area contributed by atoms with Crippen LogP contribution in [0.15, 0.2) is 53.5 Å². The second-order valence-electron chi connectivity index (χ2n) is 12.2. The summed E-state index contributed by atoms with van der Waals surface area (Å²) in [6.45, 7) is 6.69. The van der Waals surface area contributed by atoms with Crippen molar-refractivity contribution >= 4 is 28.7 Å². The number of rotatable bonds is 14. The van der Waals surface area contributed by atoms with E-state index in [0.29, 0.717) is 12.8 Å². The first-order chi connectivity index (χ1) is 20.8. The van der Waals surface area contributed by atoms with Gasteiger partial charge in [0.2, 0.25) is 5.91 Å². The molecule has 3 rings (SSSR count). The maximum Gasteiger partial charge on any atom is 0.407 e. The van der Waals surface area contributed by atoms with E-state index in [4.69, 9.17) is 9.47 Å². The summed E-state index contributed by atoms with van der Waals surface area (Å²) in [5.41, 5.74) is 2.30. The Morgan fingerprint density at radius 2 is 1.89 bits per heavy atom. The fraction of sp³-hybridized carbons (Fsp3) is 0.455. The van der Waals surface area contributed by atoms with Crippen LogP contribution in [0, 0.1) is 11.2 Å². The molecule has 0 fully saturated rings. The third-order valence-electron chi connectivity index (χ3n) is 6.88. The van der Waals surface area contributed by atoms with Crippen LogP contribution in [0.25, 0.3) is 10.9 Å². The molecule has 0 radical (unpaired) electrons. The molecule has 0 aliphatic rings. The number of likely N-dealkylation sites (N-methyl/N-ethyl adjacent to an activating group) is 1. The highest BCUT2D eigenvalue weighted by Gasteiger charge is 2.23. The number of aromatic amines is 1. The van der Waals surface area contributed by atoms with Crippen LogP contribution >= 0.6 is 0 Å². The minimum absolute atomic E-state index is 0.0158. The Bertz CT molecular complexity index is 1550.